The van der Waals surface area contributed by atoms with E-state index < -0.39 is 0 Å². The van der Waals surface area contributed by atoms with Gasteiger partial charge in [0.2, 0.25) is 5.91 Å². The molecular formula is C28H44FN3O6. The summed E-state index contributed by atoms with van der Waals surface area (Å²) in [4.78, 5) is 13.3. The van der Waals surface area contributed by atoms with Crippen molar-refractivity contribution in [3.63, 3.8) is 0 Å². The normalized spacial score (nSPS) is 19.2. The van der Waals surface area contributed by atoms with Crippen molar-refractivity contribution in [1.82, 2.24) is 15.5 Å². The minimum atomic E-state index is -0.203. The van der Waals surface area contributed by atoms with E-state index in [9.17, 15) is 9.18 Å². The zero-order valence-corrected chi connectivity index (χ0v) is 22.7. The third-order valence-electron chi connectivity index (χ3n) is 6.70. The average Bonchev–Trinajstić information content (AvgIpc) is 3.39. The van der Waals surface area contributed by atoms with Crippen LogP contribution in [0.1, 0.15) is 17.5 Å². The van der Waals surface area contributed by atoms with Crippen molar-refractivity contribution in [1.29, 1.82) is 0 Å². The SMILES string of the molecule is C=CC(=O)NCCOCCOCCOCCNCOC[C@H]1C[C@H](Cc2c(F)ccc3c2CCO3)CN(C)C1. The smallest absolute Gasteiger partial charge is 0.243 e. The van der Waals surface area contributed by atoms with Crippen LogP contribution in [0.5, 0.6) is 5.75 Å². The molecule has 0 aliphatic carbocycles. The first-order valence-electron chi connectivity index (χ1n) is 13.6. The number of ether oxygens (including phenoxy) is 5. The molecule has 0 spiro atoms. The van der Waals surface area contributed by atoms with Crippen molar-refractivity contribution in [2.24, 2.45) is 11.8 Å². The number of benzene rings is 1. The van der Waals surface area contributed by atoms with Crippen LogP contribution in [-0.4, -0.2) is 104 Å². The molecule has 2 aliphatic heterocycles. The molecule has 2 heterocycles. The van der Waals surface area contributed by atoms with Crippen LogP contribution >= 0.6 is 0 Å². The summed E-state index contributed by atoms with van der Waals surface area (Å²) in [6, 6.07) is 3.30. The molecule has 0 saturated carbocycles. The largest absolute Gasteiger partial charge is 0.493 e. The molecule has 2 N–H and O–H groups in total. The molecule has 0 radical (unpaired) electrons. The lowest BCUT2D eigenvalue weighted by Gasteiger charge is -2.36. The van der Waals surface area contributed by atoms with Crippen LogP contribution in [0.3, 0.4) is 0 Å². The molecule has 214 valence electrons. The maximum absolute atomic E-state index is 14.6. The number of fused-ring (bicyclic) bond motifs is 1. The number of rotatable bonds is 19. The lowest BCUT2D eigenvalue weighted by atomic mass is 9.84. The van der Waals surface area contributed by atoms with Gasteiger partial charge in [0.05, 0.1) is 59.6 Å². The number of carbonyl (C=O) groups excluding carboxylic acids is 1. The summed E-state index contributed by atoms with van der Waals surface area (Å²) in [6.45, 7) is 11.3. The number of nitrogens with zero attached hydrogens (tertiary/aromatic N) is 1. The van der Waals surface area contributed by atoms with E-state index in [0.717, 1.165) is 49.2 Å². The third-order valence-corrected chi connectivity index (χ3v) is 6.70. The Kier molecular flexibility index (Phi) is 14.0. The Balaban J connectivity index is 1.16. The topological polar surface area (TPSA) is 90.5 Å². The van der Waals surface area contributed by atoms with Gasteiger partial charge in [0.15, 0.2) is 0 Å². The molecule has 0 aromatic heterocycles. The van der Waals surface area contributed by atoms with Crippen molar-refractivity contribution in [2.75, 3.05) is 92.8 Å². The summed E-state index contributed by atoms with van der Waals surface area (Å²) < 4.78 is 42.5. The van der Waals surface area contributed by atoms with Crippen molar-refractivity contribution in [3.8, 4) is 5.75 Å². The lowest BCUT2D eigenvalue weighted by Crippen LogP contribution is -2.41. The minimum absolute atomic E-state index is 0.106. The summed E-state index contributed by atoms with van der Waals surface area (Å²) in [5.74, 6) is 1.38. The van der Waals surface area contributed by atoms with E-state index >= 15 is 0 Å². The number of carbonyl (C=O) groups is 1. The number of hydrogen-bond acceptors (Lipinski definition) is 8. The zero-order valence-electron chi connectivity index (χ0n) is 22.7. The number of halogens is 1. The molecule has 2 aliphatic rings. The number of amides is 1. The summed E-state index contributed by atoms with van der Waals surface area (Å²) >= 11 is 0. The van der Waals surface area contributed by atoms with Crippen LogP contribution < -0.4 is 15.4 Å². The predicted octanol–water partition coefficient (Wildman–Crippen LogP) is 1.79. The van der Waals surface area contributed by atoms with Crippen molar-refractivity contribution < 1.29 is 32.9 Å². The van der Waals surface area contributed by atoms with Crippen LogP contribution in [0, 0.1) is 17.7 Å². The Bertz CT molecular complexity index is 858. The second-order valence-corrected chi connectivity index (χ2v) is 9.84. The summed E-state index contributed by atoms with van der Waals surface area (Å²) in [7, 11) is 2.13. The van der Waals surface area contributed by atoms with Gasteiger partial charge < -0.3 is 33.9 Å². The van der Waals surface area contributed by atoms with Crippen molar-refractivity contribution in [3.05, 3.63) is 41.7 Å². The van der Waals surface area contributed by atoms with Crippen LogP contribution in [-0.2, 0) is 36.6 Å². The van der Waals surface area contributed by atoms with Crippen LogP contribution in [0.15, 0.2) is 24.8 Å². The molecule has 0 bridgehead atoms. The Hall–Kier alpha value is -2.08. The second-order valence-electron chi connectivity index (χ2n) is 9.84. The van der Waals surface area contributed by atoms with Gasteiger partial charge in [-0.05, 0) is 55.5 Å². The number of piperidine rings is 1. The molecule has 2 atom stereocenters. The molecule has 1 fully saturated rings. The Morgan fingerprint density at radius 2 is 1.79 bits per heavy atom. The van der Waals surface area contributed by atoms with E-state index in [2.05, 4.69) is 29.2 Å². The maximum Gasteiger partial charge on any atom is 0.243 e. The first kappa shape index (κ1) is 30.5. The van der Waals surface area contributed by atoms with E-state index in [1.807, 2.05) is 0 Å². The molecule has 3 rings (SSSR count). The molecule has 1 aromatic carbocycles. The van der Waals surface area contributed by atoms with Gasteiger partial charge in [-0.25, -0.2) is 4.39 Å². The summed E-state index contributed by atoms with van der Waals surface area (Å²) in [5.41, 5.74) is 1.90. The fourth-order valence-corrected chi connectivity index (χ4v) is 5.04. The summed E-state index contributed by atoms with van der Waals surface area (Å²) in [5, 5.41) is 5.88. The molecule has 9 nitrogen and oxygen atoms in total. The zero-order chi connectivity index (χ0) is 27.0. The van der Waals surface area contributed by atoms with Gasteiger partial charge in [-0.3, -0.25) is 10.1 Å². The minimum Gasteiger partial charge on any atom is -0.493 e. The number of nitrogens with one attached hydrogen (secondary N) is 2. The third kappa shape index (κ3) is 11.0. The van der Waals surface area contributed by atoms with E-state index in [0.29, 0.717) is 84.5 Å². The highest BCUT2D eigenvalue weighted by atomic mass is 19.1. The average molecular weight is 538 g/mol. The number of hydrogen-bond donors (Lipinski definition) is 2. The molecule has 1 amide bonds. The maximum atomic E-state index is 14.6. The van der Waals surface area contributed by atoms with E-state index in [1.54, 1.807) is 12.1 Å². The Morgan fingerprint density at radius 1 is 1.08 bits per heavy atom. The molecule has 1 saturated heterocycles. The molecule has 10 heteroatoms. The van der Waals surface area contributed by atoms with Gasteiger partial charge >= 0.3 is 0 Å². The van der Waals surface area contributed by atoms with Crippen LogP contribution in [0.25, 0.3) is 0 Å². The van der Waals surface area contributed by atoms with E-state index in [1.165, 1.54) is 6.08 Å². The molecule has 0 unspecified atom stereocenters. The van der Waals surface area contributed by atoms with Crippen molar-refractivity contribution >= 4 is 5.91 Å². The van der Waals surface area contributed by atoms with Gasteiger partial charge in [0.25, 0.3) is 0 Å². The van der Waals surface area contributed by atoms with E-state index in [-0.39, 0.29) is 11.7 Å². The monoisotopic (exact) mass is 537 g/mol. The second kappa shape index (κ2) is 17.5. The van der Waals surface area contributed by atoms with Crippen LogP contribution in [0.4, 0.5) is 4.39 Å². The van der Waals surface area contributed by atoms with Gasteiger partial charge in [-0.2, -0.15) is 0 Å². The van der Waals surface area contributed by atoms with Gasteiger partial charge in [-0.15, -0.1) is 0 Å². The lowest BCUT2D eigenvalue weighted by molar-refractivity contribution is -0.116. The first-order valence-corrected chi connectivity index (χ1v) is 13.6. The van der Waals surface area contributed by atoms with Gasteiger partial charge in [-0.1, -0.05) is 6.58 Å². The molecule has 38 heavy (non-hydrogen) atoms. The van der Waals surface area contributed by atoms with Gasteiger partial charge in [0, 0.05) is 38.2 Å². The fraction of sp³-hybridized carbons (Fsp3) is 0.679. The standard InChI is InChI=1S/C28H44FN3O6/c1-3-28(33)31-8-11-35-13-15-36-14-12-34-10-7-30-21-37-20-23-16-22(18-32(2)19-23)17-25-24-6-9-38-27(24)5-4-26(25)29/h3-5,22-23,30H,1,6-21H2,2H3,(H,31,33)/t22-,23+/m1/s1. The molecular weight excluding hydrogens is 493 g/mol. The Labute approximate surface area is 226 Å². The fourth-order valence-electron chi connectivity index (χ4n) is 5.04. The van der Waals surface area contributed by atoms with E-state index in [4.69, 9.17) is 23.7 Å². The highest BCUT2D eigenvalue weighted by molar-refractivity contribution is 5.86. The quantitative estimate of drug-likeness (QED) is 0.157. The van der Waals surface area contributed by atoms with Crippen LogP contribution in [0.2, 0.25) is 0 Å². The first-order chi connectivity index (χ1) is 18.6. The highest BCUT2D eigenvalue weighted by Gasteiger charge is 2.28. The Morgan fingerprint density at radius 3 is 2.55 bits per heavy atom. The van der Waals surface area contributed by atoms with Gasteiger partial charge in [0.1, 0.15) is 11.6 Å². The number of likely N-dealkylation sites (tertiary alicyclic amines) is 1. The molecule has 1 aromatic rings. The van der Waals surface area contributed by atoms with Crippen molar-refractivity contribution in [2.45, 2.75) is 19.3 Å². The summed E-state index contributed by atoms with van der Waals surface area (Å²) in [6.07, 6.45) is 3.82. The highest BCUT2D eigenvalue weighted by Crippen LogP contribution is 2.33. The predicted molar refractivity (Wildman–Crippen MR) is 143 cm³/mol.